The van der Waals surface area contributed by atoms with Crippen molar-refractivity contribution in [1.29, 1.82) is 0 Å². The molecule has 0 aromatic carbocycles. The Hall–Kier alpha value is -1.16. The number of halogens is 2. The second-order valence-corrected chi connectivity index (χ2v) is 28.7. The molecule has 0 atom stereocenters. The molecule has 0 amide bonds. The van der Waals surface area contributed by atoms with E-state index in [0.29, 0.717) is 35.0 Å². The Labute approximate surface area is 368 Å². The van der Waals surface area contributed by atoms with E-state index in [-0.39, 0.29) is 43.9 Å². The van der Waals surface area contributed by atoms with Crippen LogP contribution >= 0.6 is 23.2 Å². The van der Waals surface area contributed by atoms with Crippen molar-refractivity contribution in [3.05, 3.63) is 59.8 Å². The van der Waals surface area contributed by atoms with Crippen molar-refractivity contribution < 1.29 is 52.3 Å². The molecule has 0 aliphatic carbocycles. The molecule has 2 N–H and O–H groups in total. The normalized spacial score (nSPS) is 11.5. The molecule has 4 rings (SSSR count). The number of fused-ring (bicyclic) bond motifs is 2. The van der Waals surface area contributed by atoms with Gasteiger partial charge in [-0.1, -0.05) is 75.8 Å². The summed E-state index contributed by atoms with van der Waals surface area (Å²) in [6.07, 6.45) is 7.91. The van der Waals surface area contributed by atoms with Crippen LogP contribution in [-0.2, 0) is 36.9 Å². The predicted octanol–water partition coefficient (Wildman–Crippen LogP) is 6.55. The molecule has 0 spiro atoms. The van der Waals surface area contributed by atoms with E-state index in [1.807, 2.05) is 58.4 Å². The molecule has 0 saturated heterocycles. The summed E-state index contributed by atoms with van der Waals surface area (Å²) in [6.45, 7) is 33.6. The van der Waals surface area contributed by atoms with Gasteiger partial charge in [-0.3, -0.25) is 0 Å². The molecule has 0 radical (unpaired) electrons. The molecule has 0 bridgehead atoms. The minimum Gasteiger partial charge on any atom is -0.422 e. The number of rotatable bonds is 18. The number of unbranched alkanes of at least 4 members (excludes halogenated alkanes) is 1. The van der Waals surface area contributed by atoms with Crippen molar-refractivity contribution in [2.75, 3.05) is 13.2 Å². The van der Waals surface area contributed by atoms with Gasteiger partial charge in [-0.05, 0) is 77.9 Å². The minimum atomic E-state index is -1.59. The zero-order valence-corrected chi connectivity index (χ0v) is 40.8. The average Bonchev–Trinajstić information content (AvgIpc) is 3.67. The average molecular weight is 862 g/mol. The van der Waals surface area contributed by atoms with Crippen LogP contribution in [0.1, 0.15) is 61.3 Å². The molecule has 4 aromatic heterocycles. The van der Waals surface area contributed by atoms with Gasteiger partial charge in [-0.25, -0.2) is 9.97 Å². The third kappa shape index (κ3) is 23.4. The zero-order chi connectivity index (χ0) is 42.6. The minimum absolute atomic E-state index is 0. The van der Waals surface area contributed by atoms with Gasteiger partial charge in [0.25, 0.3) is 0 Å². The van der Waals surface area contributed by atoms with E-state index in [4.69, 9.17) is 46.6 Å². The van der Waals surface area contributed by atoms with Crippen LogP contribution in [0.15, 0.2) is 42.9 Å². The summed E-state index contributed by atoms with van der Waals surface area (Å²) >= 11 is 12.2. The summed E-state index contributed by atoms with van der Waals surface area (Å²) in [4.78, 5) is 8.59. The van der Waals surface area contributed by atoms with Gasteiger partial charge in [0.15, 0.2) is 0 Å². The van der Waals surface area contributed by atoms with Gasteiger partial charge in [0.05, 0.1) is 15.6 Å². The fourth-order valence-corrected chi connectivity index (χ4v) is 6.40. The smallest absolute Gasteiger partial charge is 0.422 e. The Balaban J connectivity index is 0.000000799. The Kier molecular flexibility index (Phi) is 27.8. The Morgan fingerprint density at radius 2 is 1.18 bits per heavy atom. The largest absolute Gasteiger partial charge is 1.00 e. The van der Waals surface area contributed by atoms with E-state index in [2.05, 4.69) is 63.1 Å². The Morgan fingerprint density at radius 1 is 0.737 bits per heavy atom. The maximum absolute atomic E-state index is 9.50. The van der Waals surface area contributed by atoms with E-state index in [9.17, 15) is 10.0 Å². The van der Waals surface area contributed by atoms with Gasteiger partial charge in [0, 0.05) is 77.0 Å². The van der Waals surface area contributed by atoms with Gasteiger partial charge in [0.1, 0.15) is 24.8 Å². The fourth-order valence-electron chi connectivity index (χ4n) is 4.49. The number of pyridine rings is 2. The molecular weight excluding hydrogens is 792 g/mol. The SMILES string of the molecule is CC(C)OB(OC(C)C)OC(C)C.C[Si](C)(C)CCOCn1c(B(O)O)cc2c(Cl)ccnc21.C[Si](C)(C)CCOCn1ccc2c(Cl)ccnc21.[CH2-]CCC.[Li+]. The van der Waals surface area contributed by atoms with Crippen molar-refractivity contribution in [3.63, 3.8) is 0 Å². The van der Waals surface area contributed by atoms with Crippen LogP contribution in [-0.4, -0.2) is 91.3 Å². The standard InChI is InChI=1S/C13H20BClN2O3Si.C13H19ClN2OSi.C9H21BO3.C4H9.Li/c1-21(2,3)7-6-20-9-17-12(14(18)19)8-10-11(15)4-5-16-13(10)17;1-18(2,3)9-8-17-10-16-7-5-11-12(14)4-6-15-13(11)16;1-7(2)11-10(12-8(3)4)13-9(5)6;1-3-4-2;/h4-5,8,18-19H,6-7,9H2,1-3H3;4-7H,8-10H2,1-3H3;7-9H,1-6H3;1,3-4H2,2H3;/q;;;-1;+1. The zero-order valence-electron chi connectivity index (χ0n) is 37.3. The molecule has 18 heteroatoms. The molecule has 0 unspecified atom stereocenters. The third-order valence-electron chi connectivity index (χ3n) is 7.60. The second kappa shape index (κ2) is 28.4. The van der Waals surface area contributed by atoms with Crippen LogP contribution in [0.25, 0.3) is 22.1 Å². The molecular formula is C39H69B2Cl2LiN4O7Si2. The topological polar surface area (TPSA) is 122 Å². The van der Waals surface area contributed by atoms with E-state index < -0.39 is 30.6 Å². The van der Waals surface area contributed by atoms with E-state index >= 15 is 0 Å². The van der Waals surface area contributed by atoms with Crippen molar-refractivity contribution in [3.8, 4) is 0 Å². The monoisotopic (exact) mass is 860 g/mol. The van der Waals surface area contributed by atoms with Crippen molar-refractivity contribution in [2.24, 2.45) is 0 Å². The van der Waals surface area contributed by atoms with Crippen LogP contribution < -0.4 is 24.5 Å². The molecule has 4 aromatic rings. The van der Waals surface area contributed by atoms with E-state index in [0.717, 1.165) is 35.1 Å². The Bertz CT molecular complexity index is 1650. The van der Waals surface area contributed by atoms with Gasteiger partial charge in [-0.2, -0.15) is 6.42 Å². The van der Waals surface area contributed by atoms with Crippen LogP contribution in [0.2, 0.25) is 61.4 Å². The molecule has 316 valence electrons. The van der Waals surface area contributed by atoms with Crippen LogP contribution in [0, 0.1) is 6.92 Å². The predicted molar refractivity (Wildman–Crippen MR) is 242 cm³/mol. The van der Waals surface area contributed by atoms with Crippen LogP contribution in [0.5, 0.6) is 0 Å². The molecule has 0 aliphatic rings. The second-order valence-electron chi connectivity index (χ2n) is 16.6. The maximum atomic E-state index is 9.50. The summed E-state index contributed by atoms with van der Waals surface area (Å²) in [6, 6.07) is 9.33. The number of hydrogen-bond donors (Lipinski definition) is 2. The number of ether oxygens (including phenoxy) is 2. The van der Waals surface area contributed by atoms with Crippen molar-refractivity contribution >= 4 is 81.4 Å². The molecule has 57 heavy (non-hydrogen) atoms. The molecule has 11 nitrogen and oxygen atoms in total. The van der Waals surface area contributed by atoms with Gasteiger partial charge < -0.3 is 49.5 Å². The van der Waals surface area contributed by atoms with Gasteiger partial charge in [-0.15, -0.1) is 0 Å². The van der Waals surface area contributed by atoms with Crippen molar-refractivity contribution in [1.82, 2.24) is 19.1 Å². The van der Waals surface area contributed by atoms with E-state index in [1.54, 1.807) is 35.2 Å². The number of aromatic nitrogens is 4. The number of hydrogen-bond acceptors (Lipinski definition) is 9. The molecule has 0 saturated carbocycles. The first-order valence-electron chi connectivity index (χ1n) is 19.6. The Morgan fingerprint density at radius 3 is 1.60 bits per heavy atom. The van der Waals surface area contributed by atoms with Crippen molar-refractivity contribution in [2.45, 2.75) is 144 Å². The first-order chi connectivity index (χ1) is 26.1. The van der Waals surface area contributed by atoms with Gasteiger partial charge >= 0.3 is 33.3 Å². The maximum Gasteiger partial charge on any atom is 1.00 e. The van der Waals surface area contributed by atoms with Gasteiger partial charge in [0.2, 0.25) is 0 Å². The first-order valence-corrected chi connectivity index (χ1v) is 27.8. The van der Waals surface area contributed by atoms with E-state index in [1.165, 1.54) is 12.5 Å². The summed E-state index contributed by atoms with van der Waals surface area (Å²) < 4.78 is 31.3. The van der Waals surface area contributed by atoms with Crippen LogP contribution in [0.4, 0.5) is 0 Å². The quantitative estimate of drug-likeness (QED) is 0.0652. The number of nitrogens with zero attached hydrogens (tertiary/aromatic N) is 4. The molecule has 4 heterocycles. The summed E-state index contributed by atoms with van der Waals surface area (Å²) in [5.41, 5.74) is 1.81. The first kappa shape index (κ1) is 55.8. The fraction of sp³-hybridized carbons (Fsp3) is 0.615. The molecule has 0 aliphatic heterocycles. The summed E-state index contributed by atoms with van der Waals surface area (Å²) in [5, 5.41) is 21.9. The summed E-state index contributed by atoms with van der Waals surface area (Å²) in [5.74, 6) is 0. The third-order valence-corrected chi connectivity index (χ3v) is 11.7. The van der Waals surface area contributed by atoms with Crippen LogP contribution in [0.3, 0.4) is 0 Å². The summed E-state index contributed by atoms with van der Waals surface area (Å²) in [7, 11) is -4.29. The molecule has 0 fully saturated rings.